The van der Waals surface area contributed by atoms with E-state index >= 15 is 0 Å². The molecule has 0 radical (unpaired) electrons. The van der Waals surface area contributed by atoms with Crippen LogP contribution in [0.5, 0.6) is 0 Å². The van der Waals surface area contributed by atoms with Crippen LogP contribution in [0.1, 0.15) is 18.9 Å². The highest BCUT2D eigenvalue weighted by atomic mass is 16.5. The van der Waals surface area contributed by atoms with Crippen LogP contribution < -0.4 is 0 Å². The molecule has 2 atom stereocenters. The van der Waals surface area contributed by atoms with Gasteiger partial charge in [0, 0.05) is 6.42 Å². The second-order valence-corrected chi connectivity index (χ2v) is 3.93. The lowest BCUT2D eigenvalue weighted by Crippen LogP contribution is -2.44. The van der Waals surface area contributed by atoms with Gasteiger partial charge in [-0.05, 0) is 12.5 Å². The first-order valence-corrected chi connectivity index (χ1v) is 5.09. The van der Waals surface area contributed by atoms with Gasteiger partial charge in [-0.1, -0.05) is 30.3 Å². The Bertz CT molecular complexity index is 360. The minimum atomic E-state index is -1.07. The molecule has 1 fully saturated rings. The van der Waals surface area contributed by atoms with Crippen LogP contribution in [0.3, 0.4) is 0 Å². The topological polar surface area (TPSA) is 46.5 Å². The van der Waals surface area contributed by atoms with Crippen molar-refractivity contribution in [3.8, 4) is 0 Å². The minimum absolute atomic E-state index is 0.286. The zero-order valence-corrected chi connectivity index (χ0v) is 8.64. The fourth-order valence-electron chi connectivity index (χ4n) is 1.96. The van der Waals surface area contributed by atoms with Crippen molar-refractivity contribution in [1.29, 1.82) is 0 Å². The molecule has 1 saturated heterocycles. The van der Waals surface area contributed by atoms with Gasteiger partial charge >= 0.3 is 5.97 Å². The highest BCUT2D eigenvalue weighted by Crippen LogP contribution is 2.36. The Morgan fingerprint density at radius 3 is 2.73 bits per heavy atom. The van der Waals surface area contributed by atoms with Crippen LogP contribution >= 0.6 is 0 Å². The van der Waals surface area contributed by atoms with E-state index in [1.54, 1.807) is 6.92 Å². The Balaban J connectivity index is 2.37. The Kier molecular flexibility index (Phi) is 2.49. The summed E-state index contributed by atoms with van der Waals surface area (Å²) in [5.74, 6) is -0.832. The van der Waals surface area contributed by atoms with Crippen LogP contribution in [0.4, 0.5) is 0 Å². The Morgan fingerprint density at radius 2 is 2.07 bits per heavy atom. The molecule has 1 aromatic carbocycles. The van der Waals surface area contributed by atoms with Crippen molar-refractivity contribution in [2.45, 2.75) is 18.9 Å². The van der Waals surface area contributed by atoms with Gasteiger partial charge in [0.15, 0.2) is 0 Å². The van der Waals surface area contributed by atoms with E-state index < -0.39 is 11.5 Å². The van der Waals surface area contributed by atoms with E-state index in [2.05, 4.69) is 0 Å². The summed E-state index contributed by atoms with van der Waals surface area (Å²) < 4.78 is 4.91. The predicted molar refractivity (Wildman–Crippen MR) is 55.1 cm³/mol. The van der Waals surface area contributed by atoms with E-state index in [9.17, 15) is 9.90 Å². The second-order valence-electron chi connectivity index (χ2n) is 3.93. The van der Waals surface area contributed by atoms with Crippen LogP contribution in [0, 0.1) is 5.92 Å². The SMILES string of the molecule is C[C@H]1C(=O)OCC[C@]1(O)c1ccccc1. The van der Waals surface area contributed by atoms with Crippen LogP contribution in [0.15, 0.2) is 30.3 Å². The number of benzene rings is 1. The van der Waals surface area contributed by atoms with E-state index in [1.807, 2.05) is 30.3 Å². The standard InChI is InChI=1S/C12H14O3/c1-9-11(13)15-8-7-12(9,14)10-5-3-2-4-6-10/h2-6,9,14H,7-8H2,1H3/t9-,12+/m0/s1. The summed E-state index contributed by atoms with van der Waals surface area (Å²) >= 11 is 0. The molecular weight excluding hydrogens is 192 g/mol. The molecule has 0 saturated carbocycles. The summed E-state index contributed by atoms with van der Waals surface area (Å²) in [4.78, 5) is 11.4. The molecule has 0 spiro atoms. The number of ether oxygens (including phenoxy) is 1. The first-order chi connectivity index (χ1) is 7.14. The number of carbonyl (C=O) groups excluding carboxylic acids is 1. The quantitative estimate of drug-likeness (QED) is 0.707. The highest BCUT2D eigenvalue weighted by molar-refractivity contribution is 5.74. The molecule has 1 aromatic rings. The van der Waals surface area contributed by atoms with Crippen molar-refractivity contribution in [1.82, 2.24) is 0 Å². The molecule has 3 heteroatoms. The average Bonchev–Trinajstić information content (AvgIpc) is 2.27. The number of carbonyl (C=O) groups is 1. The molecule has 3 nitrogen and oxygen atoms in total. The van der Waals surface area contributed by atoms with Gasteiger partial charge in [0.2, 0.25) is 0 Å². The van der Waals surface area contributed by atoms with E-state index in [4.69, 9.17) is 4.74 Å². The average molecular weight is 206 g/mol. The smallest absolute Gasteiger partial charge is 0.311 e. The van der Waals surface area contributed by atoms with E-state index in [-0.39, 0.29) is 12.6 Å². The van der Waals surface area contributed by atoms with Crippen molar-refractivity contribution in [3.05, 3.63) is 35.9 Å². The lowest BCUT2D eigenvalue weighted by Gasteiger charge is -2.36. The molecular formula is C12H14O3. The van der Waals surface area contributed by atoms with E-state index in [0.717, 1.165) is 5.56 Å². The van der Waals surface area contributed by atoms with Gasteiger partial charge in [0.25, 0.3) is 0 Å². The van der Waals surface area contributed by atoms with Gasteiger partial charge in [-0.25, -0.2) is 0 Å². The maximum Gasteiger partial charge on any atom is 0.311 e. The first-order valence-electron chi connectivity index (χ1n) is 5.09. The fraction of sp³-hybridized carbons (Fsp3) is 0.417. The molecule has 0 aromatic heterocycles. The van der Waals surface area contributed by atoms with Crippen molar-refractivity contribution in [2.24, 2.45) is 5.92 Å². The van der Waals surface area contributed by atoms with Gasteiger partial charge in [-0.2, -0.15) is 0 Å². The number of rotatable bonds is 1. The molecule has 0 aliphatic carbocycles. The molecule has 15 heavy (non-hydrogen) atoms. The zero-order chi connectivity index (χ0) is 10.9. The molecule has 1 N–H and O–H groups in total. The third kappa shape index (κ3) is 1.63. The minimum Gasteiger partial charge on any atom is -0.465 e. The zero-order valence-electron chi connectivity index (χ0n) is 8.64. The molecule has 80 valence electrons. The van der Waals surface area contributed by atoms with Crippen LogP contribution in [-0.2, 0) is 15.1 Å². The molecule has 1 aliphatic rings. The lowest BCUT2D eigenvalue weighted by atomic mass is 9.78. The number of hydrogen-bond acceptors (Lipinski definition) is 3. The molecule has 2 rings (SSSR count). The second kappa shape index (κ2) is 3.66. The van der Waals surface area contributed by atoms with Crippen LogP contribution in [-0.4, -0.2) is 17.7 Å². The normalized spacial score (nSPS) is 31.1. The lowest BCUT2D eigenvalue weighted by molar-refractivity contribution is -0.173. The first kappa shape index (κ1) is 10.2. The summed E-state index contributed by atoms with van der Waals surface area (Å²) in [5.41, 5.74) is -0.287. The Morgan fingerprint density at radius 1 is 1.40 bits per heavy atom. The maximum atomic E-state index is 11.4. The summed E-state index contributed by atoms with van der Waals surface area (Å²) in [6.07, 6.45) is 0.462. The van der Waals surface area contributed by atoms with E-state index in [0.29, 0.717) is 6.42 Å². The van der Waals surface area contributed by atoms with E-state index in [1.165, 1.54) is 0 Å². The van der Waals surface area contributed by atoms with Crippen LogP contribution in [0.25, 0.3) is 0 Å². The third-order valence-corrected chi connectivity index (χ3v) is 3.07. The maximum absolute atomic E-state index is 11.4. The van der Waals surface area contributed by atoms with Crippen molar-refractivity contribution in [3.63, 3.8) is 0 Å². The summed E-state index contributed by atoms with van der Waals surface area (Å²) in [5, 5.41) is 10.5. The number of esters is 1. The van der Waals surface area contributed by atoms with Crippen molar-refractivity contribution >= 4 is 5.97 Å². The number of aliphatic hydroxyl groups is 1. The van der Waals surface area contributed by atoms with Gasteiger partial charge in [0.05, 0.1) is 12.5 Å². The molecule has 0 bridgehead atoms. The molecule has 1 aliphatic heterocycles. The Hall–Kier alpha value is -1.35. The molecule has 1 heterocycles. The molecule has 0 amide bonds. The Labute approximate surface area is 88.7 Å². The monoisotopic (exact) mass is 206 g/mol. The highest BCUT2D eigenvalue weighted by Gasteiger charge is 2.43. The number of hydrogen-bond donors (Lipinski definition) is 1. The van der Waals surface area contributed by atoms with Crippen molar-refractivity contribution in [2.75, 3.05) is 6.61 Å². The van der Waals surface area contributed by atoms with Gasteiger partial charge in [-0.3, -0.25) is 4.79 Å². The third-order valence-electron chi connectivity index (χ3n) is 3.07. The summed E-state index contributed by atoms with van der Waals surface area (Å²) in [6, 6.07) is 9.29. The van der Waals surface area contributed by atoms with Gasteiger partial charge in [-0.15, -0.1) is 0 Å². The van der Waals surface area contributed by atoms with Gasteiger partial charge < -0.3 is 9.84 Å². The largest absolute Gasteiger partial charge is 0.465 e. The summed E-state index contributed by atoms with van der Waals surface area (Å²) in [6.45, 7) is 1.99. The molecule has 0 unspecified atom stereocenters. The predicted octanol–water partition coefficient (Wildman–Crippen LogP) is 1.46. The van der Waals surface area contributed by atoms with Crippen molar-refractivity contribution < 1.29 is 14.6 Å². The summed E-state index contributed by atoms with van der Waals surface area (Å²) in [7, 11) is 0. The van der Waals surface area contributed by atoms with Gasteiger partial charge in [0.1, 0.15) is 5.60 Å². The van der Waals surface area contributed by atoms with Crippen LogP contribution in [0.2, 0.25) is 0 Å². The fourth-order valence-corrected chi connectivity index (χ4v) is 1.96. The number of cyclic esters (lactones) is 1.